The van der Waals surface area contributed by atoms with E-state index in [9.17, 15) is 0 Å². The first kappa shape index (κ1) is 15.1. The van der Waals surface area contributed by atoms with E-state index in [1.165, 1.54) is 0 Å². The highest BCUT2D eigenvalue weighted by atomic mass is 16.5. The summed E-state index contributed by atoms with van der Waals surface area (Å²) in [7, 11) is 3.38. The van der Waals surface area contributed by atoms with Gasteiger partial charge in [-0.25, -0.2) is 0 Å². The van der Waals surface area contributed by atoms with Crippen molar-refractivity contribution in [2.24, 2.45) is 11.8 Å². The number of allylic oxidation sites excluding steroid dienone is 2. The van der Waals surface area contributed by atoms with Crippen LogP contribution in [0, 0.1) is 11.8 Å². The van der Waals surface area contributed by atoms with Gasteiger partial charge in [0.05, 0.1) is 14.2 Å². The number of hydrogen-bond donors (Lipinski definition) is 0. The molecule has 0 heterocycles. The first-order chi connectivity index (χ1) is 7.51. The van der Waals surface area contributed by atoms with E-state index in [2.05, 4.69) is 39.8 Å². The zero-order valence-corrected chi connectivity index (χ0v) is 11.5. The molecule has 0 fully saturated rings. The first-order valence-electron chi connectivity index (χ1n) is 5.99. The molecule has 16 heavy (non-hydrogen) atoms. The van der Waals surface area contributed by atoms with Crippen LogP contribution in [0.3, 0.4) is 0 Å². The number of methoxy groups -OCH3 is 2. The lowest BCUT2D eigenvalue weighted by Crippen LogP contribution is -1.98. The second-order valence-electron chi connectivity index (χ2n) is 4.80. The summed E-state index contributed by atoms with van der Waals surface area (Å²) in [4.78, 5) is 0. The molecule has 2 heteroatoms. The average molecular weight is 226 g/mol. The summed E-state index contributed by atoms with van der Waals surface area (Å²) in [5, 5.41) is 0. The molecule has 0 saturated carbocycles. The summed E-state index contributed by atoms with van der Waals surface area (Å²) in [5.41, 5.74) is 0. The quantitative estimate of drug-likeness (QED) is 0.480. The van der Waals surface area contributed by atoms with E-state index in [1.54, 1.807) is 14.2 Å². The predicted octanol–water partition coefficient (Wildman–Crippen LogP) is 4.14. The molecule has 0 N–H and O–H groups in total. The smallest absolute Gasteiger partial charge is 0.156 e. The highest BCUT2D eigenvalue weighted by Gasteiger charge is 2.06. The van der Waals surface area contributed by atoms with Gasteiger partial charge in [0, 0.05) is 0 Å². The van der Waals surface area contributed by atoms with Gasteiger partial charge in [0.2, 0.25) is 0 Å². The van der Waals surface area contributed by atoms with Gasteiger partial charge in [0.15, 0.2) is 11.5 Å². The second kappa shape index (κ2) is 8.26. The van der Waals surface area contributed by atoms with Crippen LogP contribution in [0.15, 0.2) is 23.7 Å². The molecule has 0 saturated heterocycles. The molecule has 0 aliphatic rings. The van der Waals surface area contributed by atoms with E-state index in [0.29, 0.717) is 11.8 Å². The van der Waals surface area contributed by atoms with Gasteiger partial charge in [-0.2, -0.15) is 0 Å². The van der Waals surface area contributed by atoms with Gasteiger partial charge in [-0.3, -0.25) is 0 Å². The molecule has 0 atom stereocenters. The zero-order valence-electron chi connectivity index (χ0n) is 11.5. The largest absolute Gasteiger partial charge is 0.493 e. The molecule has 0 bridgehead atoms. The second-order valence-corrected chi connectivity index (χ2v) is 4.80. The van der Waals surface area contributed by atoms with Crippen LogP contribution in [0.2, 0.25) is 0 Å². The average Bonchev–Trinajstić information content (AvgIpc) is 2.22. The number of ether oxygens (including phenoxy) is 2. The van der Waals surface area contributed by atoms with E-state index in [0.717, 1.165) is 24.4 Å². The fourth-order valence-corrected chi connectivity index (χ4v) is 1.25. The minimum Gasteiger partial charge on any atom is -0.493 e. The van der Waals surface area contributed by atoms with Crippen molar-refractivity contribution in [1.29, 1.82) is 0 Å². The molecule has 0 rings (SSSR count). The van der Waals surface area contributed by atoms with Gasteiger partial charge in [0.1, 0.15) is 0 Å². The van der Waals surface area contributed by atoms with Gasteiger partial charge < -0.3 is 9.47 Å². The van der Waals surface area contributed by atoms with Crippen LogP contribution in [-0.4, -0.2) is 14.2 Å². The Labute approximate surface area is 100 Å². The Bertz CT molecular complexity index is 211. The van der Waals surface area contributed by atoms with E-state index in [1.807, 2.05) is 0 Å². The van der Waals surface area contributed by atoms with Crippen molar-refractivity contribution in [3.8, 4) is 0 Å². The highest BCUT2D eigenvalue weighted by Crippen LogP contribution is 2.16. The Balaban J connectivity index is 4.61. The first-order valence-corrected chi connectivity index (χ1v) is 5.99. The summed E-state index contributed by atoms with van der Waals surface area (Å²) >= 11 is 0. The minimum absolute atomic E-state index is 0.633. The maximum Gasteiger partial charge on any atom is 0.156 e. The van der Waals surface area contributed by atoms with Crippen molar-refractivity contribution in [2.45, 2.75) is 40.5 Å². The van der Waals surface area contributed by atoms with Crippen LogP contribution >= 0.6 is 0 Å². The molecule has 94 valence electrons. The van der Waals surface area contributed by atoms with Gasteiger partial charge >= 0.3 is 0 Å². The van der Waals surface area contributed by atoms with E-state index >= 15 is 0 Å². The molecule has 0 spiro atoms. The van der Waals surface area contributed by atoms with Gasteiger partial charge in [-0.1, -0.05) is 27.7 Å². The molecule has 0 unspecified atom stereocenters. The number of hydrogen-bond acceptors (Lipinski definition) is 2. The maximum absolute atomic E-state index is 5.35. The van der Waals surface area contributed by atoms with Crippen LogP contribution in [-0.2, 0) is 9.47 Å². The van der Waals surface area contributed by atoms with Crippen molar-refractivity contribution in [3.05, 3.63) is 23.7 Å². The van der Waals surface area contributed by atoms with Crippen LogP contribution < -0.4 is 0 Å². The van der Waals surface area contributed by atoms with E-state index in [4.69, 9.17) is 9.47 Å². The third-order valence-corrected chi connectivity index (χ3v) is 2.23. The van der Waals surface area contributed by atoms with Crippen LogP contribution in [0.4, 0.5) is 0 Å². The highest BCUT2D eigenvalue weighted by molar-refractivity contribution is 5.20. The predicted molar refractivity (Wildman–Crippen MR) is 69.1 cm³/mol. The normalized spacial score (nSPS) is 13.5. The van der Waals surface area contributed by atoms with Crippen LogP contribution in [0.5, 0.6) is 0 Å². The third-order valence-electron chi connectivity index (χ3n) is 2.23. The summed E-state index contributed by atoms with van der Waals surface area (Å²) in [6.07, 6.45) is 6.21. The van der Waals surface area contributed by atoms with Crippen molar-refractivity contribution < 1.29 is 9.47 Å². The molecular weight excluding hydrogens is 200 g/mol. The standard InChI is InChI=1S/C14H26O2/c1-11(2)7-9-13(15-5)14(16-6)10-8-12(3)4/h9-12H,7-8H2,1-6H3. The van der Waals surface area contributed by atoms with Crippen molar-refractivity contribution in [1.82, 2.24) is 0 Å². The lowest BCUT2D eigenvalue weighted by atomic mass is 10.1. The fraction of sp³-hybridized carbons (Fsp3) is 0.714. The van der Waals surface area contributed by atoms with Crippen LogP contribution in [0.1, 0.15) is 40.5 Å². The Hall–Kier alpha value is -0.920. The summed E-state index contributed by atoms with van der Waals surface area (Å²) in [5.74, 6) is 2.95. The Morgan fingerprint density at radius 1 is 0.812 bits per heavy atom. The van der Waals surface area contributed by atoms with Crippen molar-refractivity contribution >= 4 is 0 Å². The lowest BCUT2D eigenvalue weighted by Gasteiger charge is -2.11. The molecule has 0 radical (unpaired) electrons. The molecule has 0 aromatic heterocycles. The van der Waals surface area contributed by atoms with Crippen LogP contribution in [0.25, 0.3) is 0 Å². The Kier molecular flexibility index (Phi) is 7.78. The molecule has 0 aliphatic heterocycles. The maximum atomic E-state index is 5.35. The lowest BCUT2D eigenvalue weighted by molar-refractivity contribution is 0.217. The molecule has 0 aromatic carbocycles. The summed E-state index contributed by atoms with van der Waals surface area (Å²) in [6.45, 7) is 8.75. The molecule has 0 aliphatic carbocycles. The number of rotatable bonds is 7. The van der Waals surface area contributed by atoms with Crippen molar-refractivity contribution in [3.63, 3.8) is 0 Å². The zero-order chi connectivity index (χ0) is 12.6. The van der Waals surface area contributed by atoms with Gasteiger partial charge in [-0.05, 0) is 36.8 Å². The Morgan fingerprint density at radius 3 is 1.31 bits per heavy atom. The van der Waals surface area contributed by atoms with E-state index < -0.39 is 0 Å². The molecule has 0 aromatic rings. The SMILES string of the molecule is COC(=CCC(C)C)C(=CCC(C)C)OC. The van der Waals surface area contributed by atoms with E-state index in [-0.39, 0.29) is 0 Å². The molecule has 2 nitrogen and oxygen atoms in total. The van der Waals surface area contributed by atoms with Gasteiger partial charge in [0.25, 0.3) is 0 Å². The minimum atomic E-state index is 0.633. The third kappa shape index (κ3) is 6.54. The summed E-state index contributed by atoms with van der Waals surface area (Å²) in [6, 6.07) is 0. The monoisotopic (exact) mass is 226 g/mol. The molecule has 0 amide bonds. The Morgan fingerprint density at radius 2 is 1.12 bits per heavy atom. The topological polar surface area (TPSA) is 18.5 Å². The summed E-state index contributed by atoms with van der Waals surface area (Å²) < 4.78 is 10.7. The van der Waals surface area contributed by atoms with Gasteiger partial charge in [-0.15, -0.1) is 0 Å². The fourth-order valence-electron chi connectivity index (χ4n) is 1.25. The molecular formula is C14H26O2. The van der Waals surface area contributed by atoms with Crippen molar-refractivity contribution in [2.75, 3.05) is 14.2 Å².